The topological polar surface area (TPSA) is 113 Å². The fourth-order valence-electron chi connectivity index (χ4n) is 5.54. The molecule has 0 bridgehead atoms. The molecule has 1 aliphatic heterocycles. The van der Waals surface area contributed by atoms with Crippen molar-refractivity contribution in [2.24, 2.45) is 11.8 Å². The van der Waals surface area contributed by atoms with Gasteiger partial charge in [-0.2, -0.15) is 0 Å². The predicted octanol–water partition coefficient (Wildman–Crippen LogP) is 6.68. The molecule has 3 aromatic carbocycles. The minimum Gasteiger partial charge on any atom is -0.493 e. The number of aromatic nitrogens is 1. The molecule has 1 amide bonds. The Hall–Kier alpha value is -5.19. The molecule has 43 heavy (non-hydrogen) atoms. The van der Waals surface area contributed by atoms with Crippen molar-refractivity contribution >= 4 is 22.7 Å². The summed E-state index contributed by atoms with van der Waals surface area (Å²) in [5.41, 5.74) is 2.27. The number of rotatable bonds is 9. The quantitative estimate of drug-likeness (QED) is 0.122. The van der Waals surface area contributed by atoms with Crippen molar-refractivity contribution in [1.82, 2.24) is 9.88 Å². The Morgan fingerprint density at radius 1 is 1.02 bits per heavy atom. The summed E-state index contributed by atoms with van der Waals surface area (Å²) < 4.78 is 37.5. The molecule has 2 aliphatic rings. The molecular formula is C32H28FN3O7. The zero-order chi connectivity index (χ0) is 29.9. The first-order valence-corrected chi connectivity index (χ1v) is 13.7. The molecular weight excluding hydrogens is 557 g/mol. The van der Waals surface area contributed by atoms with E-state index in [2.05, 4.69) is 11.1 Å². The van der Waals surface area contributed by atoms with Gasteiger partial charge in [0.25, 0.3) is 5.69 Å². The van der Waals surface area contributed by atoms with Crippen LogP contribution in [0.15, 0.2) is 84.6 Å². The number of pyridine rings is 1. The lowest BCUT2D eigenvalue weighted by atomic mass is 10.00. The van der Waals surface area contributed by atoms with E-state index in [-0.39, 0.29) is 30.1 Å². The number of nitro groups is 1. The zero-order valence-electron chi connectivity index (χ0n) is 23.3. The van der Waals surface area contributed by atoms with E-state index >= 15 is 0 Å². The van der Waals surface area contributed by atoms with Gasteiger partial charge >= 0.3 is 6.09 Å². The van der Waals surface area contributed by atoms with Crippen LogP contribution in [0.25, 0.3) is 10.9 Å². The van der Waals surface area contributed by atoms with Gasteiger partial charge in [0, 0.05) is 36.8 Å². The molecule has 0 radical (unpaired) electrons. The lowest BCUT2D eigenvalue weighted by molar-refractivity contribution is -0.385. The Labute approximate surface area is 246 Å². The highest BCUT2D eigenvalue weighted by Gasteiger charge is 2.38. The van der Waals surface area contributed by atoms with Gasteiger partial charge < -0.3 is 23.8 Å². The second-order valence-electron chi connectivity index (χ2n) is 10.5. The number of ether oxygens (including phenoxy) is 4. The van der Waals surface area contributed by atoms with Gasteiger partial charge in [-0.3, -0.25) is 15.1 Å². The Morgan fingerprint density at radius 2 is 1.86 bits per heavy atom. The van der Waals surface area contributed by atoms with Crippen LogP contribution in [0.1, 0.15) is 12.0 Å². The number of non-ortho nitro benzene ring substituents is 1. The summed E-state index contributed by atoms with van der Waals surface area (Å²) in [4.78, 5) is 29.0. The highest BCUT2D eigenvalue weighted by Crippen LogP contribution is 2.40. The van der Waals surface area contributed by atoms with Crippen molar-refractivity contribution in [2.75, 3.05) is 26.8 Å². The third-order valence-corrected chi connectivity index (χ3v) is 7.68. The van der Waals surface area contributed by atoms with Gasteiger partial charge in [0.05, 0.1) is 23.6 Å². The molecule has 1 fully saturated rings. The van der Waals surface area contributed by atoms with Crippen LogP contribution in [-0.2, 0) is 11.3 Å². The largest absolute Gasteiger partial charge is 0.493 e. The third kappa shape index (κ3) is 6.06. The number of nitro benzene ring substituents is 1. The SMILES string of the molecule is COc1cc2c(Oc3ccc([N+](=O)[O-])cc3F)ccnc2cc1OCC1=CC2CN(C(=O)OCc3ccccc3)CC2C1. The summed E-state index contributed by atoms with van der Waals surface area (Å²) in [6.07, 6.45) is 4.23. The Balaban J connectivity index is 1.10. The van der Waals surface area contributed by atoms with E-state index in [9.17, 15) is 19.3 Å². The number of hydrogen-bond donors (Lipinski definition) is 0. The van der Waals surface area contributed by atoms with Crippen LogP contribution in [0, 0.1) is 27.8 Å². The second-order valence-corrected chi connectivity index (χ2v) is 10.5. The maximum Gasteiger partial charge on any atom is 0.410 e. The molecule has 0 saturated carbocycles. The number of methoxy groups -OCH3 is 1. The number of halogens is 1. The molecule has 10 nitrogen and oxygen atoms in total. The molecule has 1 saturated heterocycles. The molecule has 2 unspecified atom stereocenters. The van der Waals surface area contributed by atoms with Gasteiger partial charge in [0.15, 0.2) is 23.1 Å². The minimum absolute atomic E-state index is 0.154. The lowest BCUT2D eigenvalue weighted by Gasteiger charge is -2.17. The number of nitrogens with zero attached hydrogens (tertiary/aromatic N) is 3. The molecule has 220 valence electrons. The van der Waals surface area contributed by atoms with Crippen molar-refractivity contribution in [2.45, 2.75) is 13.0 Å². The van der Waals surface area contributed by atoms with Gasteiger partial charge in [-0.25, -0.2) is 9.18 Å². The first-order chi connectivity index (χ1) is 20.9. The molecule has 1 aromatic heterocycles. The average Bonchev–Trinajstić information content (AvgIpc) is 3.59. The van der Waals surface area contributed by atoms with Gasteiger partial charge in [0.1, 0.15) is 19.0 Å². The van der Waals surface area contributed by atoms with Gasteiger partial charge in [0.2, 0.25) is 0 Å². The van der Waals surface area contributed by atoms with Crippen LogP contribution in [0.5, 0.6) is 23.0 Å². The van der Waals surface area contributed by atoms with Crippen LogP contribution < -0.4 is 14.2 Å². The summed E-state index contributed by atoms with van der Waals surface area (Å²) in [5, 5.41) is 11.5. The van der Waals surface area contributed by atoms with E-state index in [1.54, 1.807) is 23.1 Å². The van der Waals surface area contributed by atoms with E-state index in [4.69, 9.17) is 18.9 Å². The van der Waals surface area contributed by atoms with E-state index in [0.29, 0.717) is 53.8 Å². The summed E-state index contributed by atoms with van der Waals surface area (Å²) >= 11 is 0. The minimum atomic E-state index is -0.854. The Kier molecular flexibility index (Phi) is 7.78. The van der Waals surface area contributed by atoms with E-state index in [1.807, 2.05) is 30.3 Å². The fourth-order valence-corrected chi connectivity index (χ4v) is 5.54. The summed E-state index contributed by atoms with van der Waals surface area (Å²) in [5.74, 6) is 0.809. The summed E-state index contributed by atoms with van der Waals surface area (Å²) in [7, 11) is 1.52. The van der Waals surface area contributed by atoms with Crippen molar-refractivity contribution in [3.63, 3.8) is 0 Å². The Morgan fingerprint density at radius 3 is 2.60 bits per heavy atom. The van der Waals surface area contributed by atoms with Gasteiger partial charge in [-0.15, -0.1) is 0 Å². The van der Waals surface area contributed by atoms with Gasteiger partial charge in [-0.05, 0) is 47.6 Å². The smallest absolute Gasteiger partial charge is 0.410 e. The highest BCUT2D eigenvalue weighted by atomic mass is 19.1. The fraction of sp³-hybridized carbons (Fsp3) is 0.250. The number of fused-ring (bicyclic) bond motifs is 2. The molecule has 2 heterocycles. The van der Waals surface area contributed by atoms with E-state index in [0.717, 1.165) is 23.6 Å². The monoisotopic (exact) mass is 585 g/mol. The molecule has 6 rings (SSSR count). The maximum absolute atomic E-state index is 14.5. The number of benzene rings is 3. The standard InChI is InChI=1S/C32H28FN3O7/c1-40-30-14-25-27(34-10-9-28(25)43-29-8-7-24(36(38)39)13-26(29)33)15-31(30)41-19-21-11-22-16-35(17-23(22)12-21)32(37)42-18-20-5-3-2-4-6-20/h2-11,13-15,22-23H,12,16-19H2,1H3. The van der Waals surface area contributed by atoms with Crippen molar-refractivity contribution in [3.05, 3.63) is 106 Å². The van der Waals surface area contributed by atoms with Crippen LogP contribution in [0.2, 0.25) is 0 Å². The van der Waals surface area contributed by atoms with Crippen LogP contribution in [0.3, 0.4) is 0 Å². The van der Waals surface area contributed by atoms with Crippen LogP contribution in [0.4, 0.5) is 14.9 Å². The number of likely N-dealkylation sites (tertiary alicyclic amines) is 1. The zero-order valence-corrected chi connectivity index (χ0v) is 23.3. The van der Waals surface area contributed by atoms with Gasteiger partial charge in [-0.1, -0.05) is 36.4 Å². The van der Waals surface area contributed by atoms with Crippen LogP contribution >= 0.6 is 0 Å². The molecule has 11 heteroatoms. The summed E-state index contributed by atoms with van der Waals surface area (Å²) in [6.45, 7) is 1.87. The number of carbonyl (C=O) groups is 1. The number of amides is 1. The highest BCUT2D eigenvalue weighted by molar-refractivity contribution is 5.88. The molecule has 0 N–H and O–H groups in total. The predicted molar refractivity (Wildman–Crippen MR) is 155 cm³/mol. The normalized spacial score (nSPS) is 17.3. The summed E-state index contributed by atoms with van der Waals surface area (Å²) in [6, 6.07) is 17.8. The molecule has 2 atom stereocenters. The van der Waals surface area contributed by atoms with E-state index in [1.165, 1.54) is 25.4 Å². The second kappa shape index (κ2) is 12.0. The number of carbonyl (C=O) groups excluding carboxylic acids is 1. The van der Waals surface area contributed by atoms with E-state index < -0.39 is 10.7 Å². The third-order valence-electron chi connectivity index (χ3n) is 7.68. The molecule has 1 aliphatic carbocycles. The lowest BCUT2D eigenvalue weighted by Crippen LogP contribution is -2.30. The van der Waals surface area contributed by atoms with Crippen LogP contribution in [-0.4, -0.2) is 47.7 Å². The maximum atomic E-state index is 14.5. The average molecular weight is 586 g/mol. The van der Waals surface area contributed by atoms with Crippen molar-refractivity contribution in [1.29, 1.82) is 0 Å². The molecule has 4 aromatic rings. The number of hydrogen-bond acceptors (Lipinski definition) is 8. The first-order valence-electron chi connectivity index (χ1n) is 13.7. The Bertz CT molecular complexity index is 1710. The van der Waals surface area contributed by atoms with Crippen molar-refractivity contribution < 1.29 is 33.1 Å². The first kappa shape index (κ1) is 28.0. The van der Waals surface area contributed by atoms with Crippen molar-refractivity contribution in [3.8, 4) is 23.0 Å². The molecule has 0 spiro atoms.